The van der Waals surface area contributed by atoms with E-state index in [9.17, 15) is 0 Å². The molecule has 20 heavy (non-hydrogen) atoms. The van der Waals surface area contributed by atoms with Crippen molar-refractivity contribution in [3.63, 3.8) is 0 Å². The first-order valence-corrected chi connectivity index (χ1v) is 7.00. The van der Waals surface area contributed by atoms with E-state index in [0.717, 1.165) is 28.6 Å². The van der Waals surface area contributed by atoms with Crippen molar-refractivity contribution in [3.05, 3.63) is 59.2 Å². The number of para-hydroxylation sites is 1. The minimum absolute atomic E-state index is 0.0942. The van der Waals surface area contributed by atoms with Crippen molar-refractivity contribution in [1.82, 2.24) is 9.78 Å². The Morgan fingerprint density at radius 2 is 2.05 bits per heavy atom. The van der Waals surface area contributed by atoms with E-state index in [0.29, 0.717) is 5.02 Å². The molecule has 4 heteroatoms. The first-order valence-electron chi connectivity index (χ1n) is 6.62. The molecule has 0 saturated carbocycles. The van der Waals surface area contributed by atoms with Crippen LogP contribution in [-0.4, -0.2) is 15.8 Å². The molecule has 0 fully saturated rings. The third kappa shape index (κ3) is 2.42. The van der Waals surface area contributed by atoms with E-state index in [1.807, 2.05) is 48.1 Å². The highest BCUT2D eigenvalue weighted by Gasteiger charge is 2.11. The second kappa shape index (κ2) is 5.27. The molecule has 0 amide bonds. The van der Waals surface area contributed by atoms with Crippen molar-refractivity contribution < 1.29 is 0 Å². The summed E-state index contributed by atoms with van der Waals surface area (Å²) in [4.78, 5) is 0. The number of benzene rings is 2. The zero-order chi connectivity index (χ0) is 14.1. The van der Waals surface area contributed by atoms with E-state index in [2.05, 4.69) is 17.2 Å². The van der Waals surface area contributed by atoms with Gasteiger partial charge in [0.15, 0.2) is 0 Å². The molecule has 2 N–H and O–H groups in total. The Labute approximate surface area is 123 Å². The average molecular weight is 286 g/mol. The molecule has 1 heterocycles. The van der Waals surface area contributed by atoms with Gasteiger partial charge in [-0.25, -0.2) is 4.68 Å². The van der Waals surface area contributed by atoms with Crippen molar-refractivity contribution in [2.45, 2.75) is 19.4 Å². The minimum Gasteiger partial charge on any atom is -0.328 e. The molecule has 0 radical (unpaired) electrons. The van der Waals surface area contributed by atoms with Gasteiger partial charge in [-0.3, -0.25) is 0 Å². The van der Waals surface area contributed by atoms with Crippen LogP contribution >= 0.6 is 11.6 Å². The van der Waals surface area contributed by atoms with Crippen LogP contribution < -0.4 is 5.73 Å². The van der Waals surface area contributed by atoms with Gasteiger partial charge in [-0.1, -0.05) is 35.9 Å². The zero-order valence-corrected chi connectivity index (χ0v) is 12.0. The van der Waals surface area contributed by atoms with Gasteiger partial charge in [-0.05, 0) is 37.1 Å². The fraction of sp³-hybridized carbons (Fsp3) is 0.188. The summed E-state index contributed by atoms with van der Waals surface area (Å²) in [6.07, 6.45) is 2.66. The summed E-state index contributed by atoms with van der Waals surface area (Å²) in [7, 11) is 0. The lowest BCUT2D eigenvalue weighted by Gasteiger charge is -2.13. The van der Waals surface area contributed by atoms with Gasteiger partial charge < -0.3 is 5.73 Å². The number of rotatable bonds is 3. The van der Waals surface area contributed by atoms with Gasteiger partial charge in [-0.15, -0.1) is 0 Å². The van der Waals surface area contributed by atoms with Crippen molar-refractivity contribution >= 4 is 22.5 Å². The molecule has 3 aromatic rings. The number of halogens is 1. The molecule has 3 rings (SSSR count). The van der Waals surface area contributed by atoms with Crippen LogP contribution in [0.3, 0.4) is 0 Å². The van der Waals surface area contributed by atoms with Gasteiger partial charge >= 0.3 is 0 Å². The van der Waals surface area contributed by atoms with E-state index >= 15 is 0 Å². The molecule has 0 bridgehead atoms. The maximum absolute atomic E-state index is 6.15. The fourth-order valence-electron chi connectivity index (χ4n) is 2.42. The molecular formula is C16H16ClN3. The molecule has 0 aliphatic heterocycles. The van der Waals surface area contributed by atoms with Gasteiger partial charge in [0.1, 0.15) is 0 Å². The quantitative estimate of drug-likeness (QED) is 0.799. The SMILES string of the molecule is CC(N)Cc1ccc(Cl)cc1-n1ncc2ccccc21. The van der Waals surface area contributed by atoms with Crippen LogP contribution in [0.15, 0.2) is 48.7 Å². The normalized spacial score (nSPS) is 12.8. The Morgan fingerprint density at radius 3 is 2.85 bits per heavy atom. The van der Waals surface area contributed by atoms with Crippen LogP contribution in [0.2, 0.25) is 5.02 Å². The van der Waals surface area contributed by atoms with E-state index in [-0.39, 0.29) is 6.04 Å². The van der Waals surface area contributed by atoms with Crippen molar-refractivity contribution in [3.8, 4) is 5.69 Å². The van der Waals surface area contributed by atoms with Gasteiger partial charge in [0, 0.05) is 16.5 Å². The second-order valence-corrected chi connectivity index (χ2v) is 5.51. The number of hydrogen-bond donors (Lipinski definition) is 1. The molecule has 0 spiro atoms. The highest BCUT2D eigenvalue weighted by atomic mass is 35.5. The van der Waals surface area contributed by atoms with Gasteiger partial charge in [-0.2, -0.15) is 5.10 Å². The van der Waals surface area contributed by atoms with Gasteiger partial charge in [0.2, 0.25) is 0 Å². The first kappa shape index (κ1) is 13.2. The topological polar surface area (TPSA) is 43.8 Å². The Balaban J connectivity index is 2.20. The lowest BCUT2D eigenvalue weighted by atomic mass is 10.1. The highest BCUT2D eigenvalue weighted by molar-refractivity contribution is 6.30. The Morgan fingerprint density at radius 1 is 1.25 bits per heavy atom. The number of fused-ring (bicyclic) bond motifs is 1. The molecule has 2 aromatic carbocycles. The molecule has 1 aromatic heterocycles. The Bertz CT molecular complexity index is 746. The van der Waals surface area contributed by atoms with Crippen LogP contribution in [0.5, 0.6) is 0 Å². The van der Waals surface area contributed by atoms with Crippen LogP contribution in [-0.2, 0) is 6.42 Å². The molecule has 0 saturated heterocycles. The van der Waals surface area contributed by atoms with Crippen molar-refractivity contribution in [1.29, 1.82) is 0 Å². The average Bonchev–Trinajstić information content (AvgIpc) is 2.84. The number of aromatic nitrogens is 2. The Kier molecular flexibility index (Phi) is 3.47. The summed E-state index contributed by atoms with van der Waals surface area (Å²) in [5.74, 6) is 0. The molecule has 1 atom stereocenters. The smallest absolute Gasteiger partial charge is 0.0741 e. The summed E-state index contributed by atoms with van der Waals surface area (Å²) in [5, 5.41) is 6.30. The predicted octanol–water partition coefficient (Wildman–Crippen LogP) is 3.57. The van der Waals surface area contributed by atoms with E-state index in [4.69, 9.17) is 17.3 Å². The van der Waals surface area contributed by atoms with Crippen LogP contribution in [0.1, 0.15) is 12.5 Å². The summed E-state index contributed by atoms with van der Waals surface area (Å²) < 4.78 is 1.93. The second-order valence-electron chi connectivity index (χ2n) is 5.07. The Hall–Kier alpha value is -1.84. The molecule has 102 valence electrons. The molecule has 0 aliphatic rings. The molecular weight excluding hydrogens is 270 g/mol. The van der Waals surface area contributed by atoms with E-state index < -0.39 is 0 Å². The van der Waals surface area contributed by atoms with Crippen LogP contribution in [0.4, 0.5) is 0 Å². The van der Waals surface area contributed by atoms with Crippen molar-refractivity contribution in [2.24, 2.45) is 5.73 Å². The van der Waals surface area contributed by atoms with Gasteiger partial charge in [0.25, 0.3) is 0 Å². The highest BCUT2D eigenvalue weighted by Crippen LogP contribution is 2.24. The van der Waals surface area contributed by atoms with Crippen LogP contribution in [0.25, 0.3) is 16.6 Å². The summed E-state index contributed by atoms with van der Waals surface area (Å²) in [6, 6.07) is 14.1. The zero-order valence-electron chi connectivity index (χ0n) is 11.3. The van der Waals surface area contributed by atoms with Crippen molar-refractivity contribution in [2.75, 3.05) is 0 Å². The van der Waals surface area contributed by atoms with Crippen LogP contribution in [0, 0.1) is 0 Å². The van der Waals surface area contributed by atoms with Gasteiger partial charge in [0.05, 0.1) is 17.4 Å². The largest absolute Gasteiger partial charge is 0.328 e. The molecule has 3 nitrogen and oxygen atoms in total. The fourth-order valence-corrected chi connectivity index (χ4v) is 2.58. The lowest BCUT2D eigenvalue weighted by molar-refractivity contribution is 0.729. The standard InChI is InChI=1S/C16H16ClN3/c1-11(18)8-12-6-7-14(17)9-16(12)20-15-5-3-2-4-13(15)10-19-20/h2-7,9-11H,8,18H2,1H3. The summed E-state index contributed by atoms with van der Waals surface area (Å²) in [6.45, 7) is 2.00. The predicted molar refractivity (Wildman–Crippen MR) is 83.4 cm³/mol. The maximum Gasteiger partial charge on any atom is 0.0741 e. The monoisotopic (exact) mass is 285 g/mol. The molecule has 1 unspecified atom stereocenters. The lowest BCUT2D eigenvalue weighted by Crippen LogP contribution is -2.19. The first-order chi connectivity index (χ1) is 9.65. The summed E-state index contributed by atoms with van der Waals surface area (Å²) >= 11 is 6.15. The molecule has 0 aliphatic carbocycles. The third-order valence-corrected chi connectivity index (χ3v) is 3.53. The minimum atomic E-state index is 0.0942. The van der Waals surface area contributed by atoms with E-state index in [1.165, 1.54) is 0 Å². The van der Waals surface area contributed by atoms with E-state index in [1.54, 1.807) is 0 Å². The number of nitrogens with two attached hydrogens (primary N) is 1. The number of nitrogens with zero attached hydrogens (tertiary/aromatic N) is 2. The number of hydrogen-bond acceptors (Lipinski definition) is 2. The summed E-state index contributed by atoms with van der Waals surface area (Å²) in [5.41, 5.74) is 9.15. The third-order valence-electron chi connectivity index (χ3n) is 3.29. The maximum atomic E-state index is 6.15.